The zero-order valence-corrected chi connectivity index (χ0v) is 16.3. The van der Waals surface area contributed by atoms with Crippen LogP contribution < -0.4 is 5.73 Å². The molecule has 0 aliphatic rings. The summed E-state index contributed by atoms with van der Waals surface area (Å²) in [7, 11) is 0. The minimum absolute atomic E-state index is 0.0102. The Hall–Kier alpha value is -3.62. The van der Waals surface area contributed by atoms with Crippen LogP contribution in [0.3, 0.4) is 0 Å². The third kappa shape index (κ3) is 3.54. The van der Waals surface area contributed by atoms with Crippen LogP contribution in [-0.2, 0) is 11.2 Å². The van der Waals surface area contributed by atoms with Crippen LogP contribution in [0.15, 0.2) is 48.9 Å². The van der Waals surface area contributed by atoms with Gasteiger partial charge in [-0.2, -0.15) is 5.10 Å². The van der Waals surface area contributed by atoms with Gasteiger partial charge in [0.15, 0.2) is 5.65 Å². The molecule has 0 saturated heterocycles. The molecule has 154 valence electrons. The Morgan fingerprint density at radius 2 is 1.93 bits per heavy atom. The molecule has 9 heteroatoms. The first kappa shape index (κ1) is 19.7. The largest absolute Gasteiger partial charge is 0.369 e. The van der Waals surface area contributed by atoms with Crippen molar-refractivity contribution in [1.29, 1.82) is 0 Å². The molecule has 3 heterocycles. The Bertz CT molecular complexity index is 1190. The van der Waals surface area contributed by atoms with Gasteiger partial charge in [0.05, 0.1) is 42.1 Å². The maximum absolute atomic E-state index is 13.7. The van der Waals surface area contributed by atoms with E-state index in [1.54, 1.807) is 45.9 Å². The smallest absolute Gasteiger partial charge is 0.223 e. The first-order chi connectivity index (χ1) is 14.5. The van der Waals surface area contributed by atoms with Crippen molar-refractivity contribution in [3.8, 4) is 22.6 Å². The number of fused-ring (bicyclic) bond motifs is 1. The second kappa shape index (κ2) is 8.02. The number of amides is 1. The molecular formula is C21H20F2N6O. The van der Waals surface area contributed by atoms with Gasteiger partial charge in [-0.3, -0.25) is 4.79 Å². The number of imidazole rings is 2. The van der Waals surface area contributed by atoms with E-state index < -0.39 is 18.6 Å². The number of carbonyl (C=O) groups excluding carboxylic acids is 1. The fourth-order valence-corrected chi connectivity index (χ4v) is 3.44. The number of alkyl halides is 1. The molecule has 0 aliphatic carbocycles. The minimum atomic E-state index is -0.567. The number of nitrogens with two attached hydrogens (primary N) is 1. The highest BCUT2D eigenvalue weighted by Gasteiger charge is 2.22. The van der Waals surface area contributed by atoms with Crippen LogP contribution in [0.4, 0.5) is 8.78 Å². The molecule has 30 heavy (non-hydrogen) atoms. The molecule has 1 unspecified atom stereocenters. The monoisotopic (exact) mass is 410 g/mol. The van der Waals surface area contributed by atoms with Gasteiger partial charge in [-0.1, -0.05) is 6.92 Å². The van der Waals surface area contributed by atoms with Crippen LogP contribution >= 0.6 is 0 Å². The van der Waals surface area contributed by atoms with Gasteiger partial charge >= 0.3 is 0 Å². The molecule has 2 N–H and O–H groups in total. The Morgan fingerprint density at radius 3 is 2.60 bits per heavy atom. The van der Waals surface area contributed by atoms with Crippen molar-refractivity contribution in [2.75, 3.05) is 6.67 Å². The Morgan fingerprint density at radius 1 is 1.17 bits per heavy atom. The lowest BCUT2D eigenvalue weighted by Gasteiger charge is -2.17. The lowest BCUT2D eigenvalue weighted by atomic mass is 10.1. The van der Waals surface area contributed by atoms with E-state index in [0.717, 1.165) is 0 Å². The van der Waals surface area contributed by atoms with Crippen LogP contribution in [0.2, 0.25) is 0 Å². The SMILES string of the molecule is CCC(CF)n1cnc(-c2ccc(F)cc2)c1-c1ccc2ncc(CC(N)=O)n2n1. The van der Waals surface area contributed by atoms with Crippen LogP contribution in [0.1, 0.15) is 25.1 Å². The third-order valence-corrected chi connectivity index (χ3v) is 4.99. The van der Waals surface area contributed by atoms with E-state index in [1.165, 1.54) is 12.1 Å². The van der Waals surface area contributed by atoms with Gasteiger partial charge in [0.1, 0.15) is 18.2 Å². The predicted octanol–water partition coefficient (Wildman–Crippen LogP) is 3.35. The first-order valence-electron chi connectivity index (χ1n) is 9.52. The summed E-state index contributed by atoms with van der Waals surface area (Å²) in [5, 5.41) is 4.64. The van der Waals surface area contributed by atoms with E-state index in [1.807, 2.05) is 6.92 Å². The number of benzene rings is 1. The fourth-order valence-electron chi connectivity index (χ4n) is 3.44. The summed E-state index contributed by atoms with van der Waals surface area (Å²) in [4.78, 5) is 20.1. The quantitative estimate of drug-likeness (QED) is 0.506. The molecule has 0 fully saturated rings. The van der Waals surface area contributed by atoms with Gasteiger partial charge in [0.2, 0.25) is 5.91 Å². The van der Waals surface area contributed by atoms with Gasteiger partial charge in [-0.15, -0.1) is 0 Å². The number of halogens is 2. The number of primary amides is 1. The highest BCUT2D eigenvalue weighted by atomic mass is 19.1. The predicted molar refractivity (Wildman–Crippen MR) is 108 cm³/mol. The second-order valence-corrected chi connectivity index (χ2v) is 6.95. The molecule has 0 radical (unpaired) electrons. The maximum Gasteiger partial charge on any atom is 0.223 e. The summed E-state index contributed by atoms with van der Waals surface area (Å²) < 4.78 is 30.4. The number of carbonyl (C=O) groups is 1. The average Bonchev–Trinajstić information content (AvgIpc) is 3.34. The summed E-state index contributed by atoms with van der Waals surface area (Å²) in [5.74, 6) is -0.853. The molecule has 0 bridgehead atoms. The van der Waals surface area contributed by atoms with E-state index in [0.29, 0.717) is 40.4 Å². The molecule has 1 amide bonds. The molecule has 0 saturated carbocycles. The van der Waals surface area contributed by atoms with Gasteiger partial charge in [-0.05, 0) is 42.8 Å². The van der Waals surface area contributed by atoms with E-state index in [2.05, 4.69) is 15.1 Å². The Kier molecular flexibility index (Phi) is 5.26. The summed E-state index contributed by atoms with van der Waals surface area (Å²) in [6, 6.07) is 9.04. The topological polar surface area (TPSA) is 91.1 Å². The van der Waals surface area contributed by atoms with Crippen molar-refractivity contribution in [2.24, 2.45) is 5.73 Å². The molecule has 4 aromatic rings. The Labute approximate surface area is 171 Å². The number of hydrogen-bond acceptors (Lipinski definition) is 4. The zero-order valence-electron chi connectivity index (χ0n) is 16.3. The molecule has 0 aliphatic heterocycles. The highest BCUT2D eigenvalue weighted by Crippen LogP contribution is 2.33. The number of aromatic nitrogens is 5. The van der Waals surface area contributed by atoms with Crippen molar-refractivity contribution >= 4 is 11.6 Å². The van der Waals surface area contributed by atoms with Gasteiger partial charge in [-0.25, -0.2) is 23.3 Å². The summed E-state index contributed by atoms with van der Waals surface area (Å²) in [6.45, 7) is 1.33. The first-order valence-corrected chi connectivity index (χ1v) is 9.52. The molecule has 1 atom stereocenters. The Balaban J connectivity index is 1.92. The molecule has 3 aromatic heterocycles. The van der Waals surface area contributed by atoms with E-state index in [9.17, 15) is 13.6 Å². The average molecular weight is 410 g/mol. The molecule has 0 spiro atoms. The van der Waals surface area contributed by atoms with Crippen molar-refractivity contribution in [2.45, 2.75) is 25.8 Å². The summed E-state index contributed by atoms with van der Waals surface area (Å²) >= 11 is 0. The van der Waals surface area contributed by atoms with E-state index >= 15 is 0 Å². The van der Waals surface area contributed by atoms with E-state index in [-0.39, 0.29) is 12.2 Å². The molecule has 1 aromatic carbocycles. The minimum Gasteiger partial charge on any atom is -0.369 e. The van der Waals surface area contributed by atoms with Crippen LogP contribution in [0.25, 0.3) is 28.3 Å². The van der Waals surface area contributed by atoms with Crippen LogP contribution in [0, 0.1) is 5.82 Å². The van der Waals surface area contributed by atoms with Gasteiger partial charge in [0.25, 0.3) is 0 Å². The number of rotatable bonds is 7. The van der Waals surface area contributed by atoms with Gasteiger partial charge in [0, 0.05) is 5.56 Å². The normalized spacial score (nSPS) is 12.4. The van der Waals surface area contributed by atoms with Gasteiger partial charge < -0.3 is 10.3 Å². The lowest BCUT2D eigenvalue weighted by molar-refractivity contribution is -0.117. The standard InChI is InChI=1S/C21H20F2N6O/c1-2-15(10-22)28-12-26-20(13-3-5-14(23)6-4-13)21(28)17-7-8-19-25-11-16(9-18(24)30)29(19)27-17/h3-8,11-12,15H,2,9-10H2,1H3,(H2,24,30). The summed E-state index contributed by atoms with van der Waals surface area (Å²) in [6.07, 6.45) is 3.67. The number of nitrogens with zero attached hydrogens (tertiary/aromatic N) is 5. The molecule has 7 nitrogen and oxygen atoms in total. The molecular weight excluding hydrogens is 390 g/mol. The van der Waals surface area contributed by atoms with Crippen LogP contribution in [-0.4, -0.2) is 36.7 Å². The fraction of sp³-hybridized carbons (Fsp3) is 0.238. The van der Waals surface area contributed by atoms with E-state index in [4.69, 9.17) is 5.73 Å². The van der Waals surface area contributed by atoms with Crippen LogP contribution in [0.5, 0.6) is 0 Å². The van der Waals surface area contributed by atoms with Crippen molar-refractivity contribution < 1.29 is 13.6 Å². The molecule has 4 rings (SSSR count). The maximum atomic E-state index is 13.7. The summed E-state index contributed by atoms with van der Waals surface area (Å²) in [5.41, 5.74) is 8.80. The van der Waals surface area contributed by atoms with Crippen molar-refractivity contribution in [3.05, 3.63) is 60.4 Å². The third-order valence-electron chi connectivity index (χ3n) is 4.99. The lowest BCUT2D eigenvalue weighted by Crippen LogP contribution is -2.16. The van der Waals surface area contributed by atoms with Crippen molar-refractivity contribution in [1.82, 2.24) is 24.1 Å². The number of hydrogen-bond donors (Lipinski definition) is 1. The second-order valence-electron chi connectivity index (χ2n) is 6.95. The zero-order chi connectivity index (χ0) is 21.3. The highest BCUT2D eigenvalue weighted by molar-refractivity contribution is 5.78. The van der Waals surface area contributed by atoms with Crippen molar-refractivity contribution in [3.63, 3.8) is 0 Å².